The predicted octanol–water partition coefficient (Wildman–Crippen LogP) is 2.28. The van der Waals surface area contributed by atoms with Gasteiger partial charge in [0.05, 0.1) is 0 Å². The molecule has 0 aromatic rings. The first kappa shape index (κ1) is 12.2. The number of rotatable bonds is 3. The molecule has 1 aliphatic rings. The Morgan fingerprint density at radius 2 is 1.93 bits per heavy atom. The van der Waals surface area contributed by atoms with E-state index in [-0.39, 0.29) is 0 Å². The molecule has 3 nitrogen and oxygen atoms in total. The van der Waals surface area contributed by atoms with Crippen LogP contribution < -0.4 is 0 Å². The lowest BCUT2D eigenvalue weighted by Crippen LogP contribution is -2.43. The summed E-state index contributed by atoms with van der Waals surface area (Å²) in [6.07, 6.45) is 5.57. The lowest BCUT2D eigenvalue weighted by molar-refractivity contribution is -0.132. The highest BCUT2D eigenvalue weighted by Gasteiger charge is 2.23. The Labute approximate surface area is 91.8 Å². The van der Waals surface area contributed by atoms with Crippen LogP contribution in [-0.2, 0) is 4.79 Å². The van der Waals surface area contributed by atoms with E-state index in [0.29, 0.717) is 17.7 Å². The number of piperidine rings is 1. The van der Waals surface area contributed by atoms with Gasteiger partial charge in [-0.05, 0) is 33.6 Å². The van der Waals surface area contributed by atoms with Crippen molar-refractivity contribution >= 4 is 5.97 Å². The second-order valence-corrected chi connectivity index (χ2v) is 4.52. The van der Waals surface area contributed by atoms with Gasteiger partial charge in [0.2, 0.25) is 0 Å². The molecule has 2 atom stereocenters. The molecule has 0 radical (unpaired) electrons. The molecule has 0 spiro atoms. The Morgan fingerprint density at radius 1 is 1.40 bits per heavy atom. The minimum Gasteiger partial charge on any atom is -0.478 e. The van der Waals surface area contributed by atoms with Crippen LogP contribution >= 0.6 is 0 Å². The molecule has 86 valence electrons. The third-order valence-corrected chi connectivity index (χ3v) is 3.32. The van der Waals surface area contributed by atoms with Crippen LogP contribution in [0.5, 0.6) is 0 Å². The molecule has 1 heterocycles. The molecule has 0 saturated carbocycles. The Kier molecular flexibility index (Phi) is 4.33. The van der Waals surface area contributed by atoms with Gasteiger partial charge in [-0.1, -0.05) is 12.5 Å². The average Bonchev–Trinajstić information content (AvgIpc) is 2.16. The molecule has 0 bridgehead atoms. The quantitative estimate of drug-likeness (QED) is 0.728. The van der Waals surface area contributed by atoms with Crippen molar-refractivity contribution in [3.8, 4) is 0 Å². The molecule has 1 N–H and O–H groups in total. The standard InChI is InChI=1S/C12H21NO2/c1-9(12(14)15)7-8-13-10(2)5-4-6-11(13)3/h7,10-11H,4-6,8H2,1-3H3,(H,14,15). The van der Waals surface area contributed by atoms with E-state index in [2.05, 4.69) is 18.7 Å². The number of hydrogen-bond acceptors (Lipinski definition) is 2. The zero-order chi connectivity index (χ0) is 11.4. The topological polar surface area (TPSA) is 40.5 Å². The van der Waals surface area contributed by atoms with E-state index in [1.807, 2.05) is 6.08 Å². The normalized spacial score (nSPS) is 29.1. The fourth-order valence-electron chi connectivity index (χ4n) is 2.16. The van der Waals surface area contributed by atoms with Crippen LogP contribution in [-0.4, -0.2) is 34.6 Å². The highest BCUT2D eigenvalue weighted by atomic mass is 16.4. The van der Waals surface area contributed by atoms with Crippen LogP contribution in [0, 0.1) is 0 Å². The summed E-state index contributed by atoms with van der Waals surface area (Å²) in [6.45, 7) is 6.86. The maximum Gasteiger partial charge on any atom is 0.330 e. The summed E-state index contributed by atoms with van der Waals surface area (Å²) in [4.78, 5) is 13.0. The minimum absolute atomic E-state index is 0.444. The van der Waals surface area contributed by atoms with Crippen molar-refractivity contribution in [1.29, 1.82) is 0 Å². The van der Waals surface area contributed by atoms with E-state index in [1.165, 1.54) is 19.3 Å². The molecule has 2 unspecified atom stereocenters. The summed E-state index contributed by atoms with van der Waals surface area (Å²) in [5.41, 5.74) is 0.444. The molecular weight excluding hydrogens is 190 g/mol. The van der Waals surface area contributed by atoms with Gasteiger partial charge in [-0.3, -0.25) is 4.90 Å². The fourth-order valence-corrected chi connectivity index (χ4v) is 2.16. The maximum absolute atomic E-state index is 10.6. The van der Waals surface area contributed by atoms with Crippen LogP contribution in [0.15, 0.2) is 11.6 Å². The van der Waals surface area contributed by atoms with Crippen LogP contribution in [0.3, 0.4) is 0 Å². The number of carboxylic acids is 1. The van der Waals surface area contributed by atoms with E-state index < -0.39 is 5.97 Å². The van der Waals surface area contributed by atoms with Crippen LogP contribution in [0.1, 0.15) is 40.0 Å². The first-order chi connectivity index (χ1) is 7.02. The zero-order valence-corrected chi connectivity index (χ0v) is 9.86. The summed E-state index contributed by atoms with van der Waals surface area (Å²) >= 11 is 0. The van der Waals surface area contributed by atoms with Gasteiger partial charge in [-0.2, -0.15) is 0 Å². The summed E-state index contributed by atoms with van der Waals surface area (Å²) in [6, 6.07) is 1.15. The van der Waals surface area contributed by atoms with Gasteiger partial charge < -0.3 is 5.11 Å². The van der Waals surface area contributed by atoms with Gasteiger partial charge in [0.25, 0.3) is 0 Å². The summed E-state index contributed by atoms with van der Waals surface area (Å²) < 4.78 is 0. The van der Waals surface area contributed by atoms with Gasteiger partial charge in [-0.15, -0.1) is 0 Å². The monoisotopic (exact) mass is 211 g/mol. The van der Waals surface area contributed by atoms with Crippen molar-refractivity contribution in [2.45, 2.75) is 52.1 Å². The Balaban J connectivity index is 2.55. The number of hydrogen-bond donors (Lipinski definition) is 1. The molecule has 0 aliphatic carbocycles. The summed E-state index contributed by atoms with van der Waals surface area (Å²) in [5, 5.41) is 8.76. The molecule has 0 aromatic carbocycles. The van der Waals surface area contributed by atoms with Gasteiger partial charge >= 0.3 is 5.97 Å². The van der Waals surface area contributed by atoms with E-state index in [9.17, 15) is 4.79 Å². The second-order valence-electron chi connectivity index (χ2n) is 4.52. The van der Waals surface area contributed by atoms with Gasteiger partial charge in [-0.25, -0.2) is 4.79 Å². The molecule has 0 aromatic heterocycles. The fraction of sp³-hybridized carbons (Fsp3) is 0.750. The number of carboxylic acid groups (broad SMARTS) is 1. The largest absolute Gasteiger partial charge is 0.478 e. The number of aliphatic carboxylic acids is 1. The summed E-state index contributed by atoms with van der Waals surface area (Å²) in [5.74, 6) is -0.813. The molecule has 15 heavy (non-hydrogen) atoms. The van der Waals surface area contributed by atoms with Crippen LogP contribution in [0.25, 0.3) is 0 Å². The highest BCUT2D eigenvalue weighted by Crippen LogP contribution is 2.22. The van der Waals surface area contributed by atoms with Gasteiger partial charge in [0, 0.05) is 24.2 Å². The van der Waals surface area contributed by atoms with Crippen molar-refractivity contribution in [1.82, 2.24) is 4.90 Å². The van der Waals surface area contributed by atoms with Crippen LogP contribution in [0.2, 0.25) is 0 Å². The first-order valence-electron chi connectivity index (χ1n) is 5.68. The van der Waals surface area contributed by atoms with Crippen LogP contribution in [0.4, 0.5) is 0 Å². The summed E-state index contributed by atoms with van der Waals surface area (Å²) in [7, 11) is 0. The smallest absolute Gasteiger partial charge is 0.330 e. The van der Waals surface area contributed by atoms with E-state index in [0.717, 1.165) is 6.54 Å². The molecule has 1 aliphatic heterocycles. The van der Waals surface area contributed by atoms with Crippen molar-refractivity contribution in [3.63, 3.8) is 0 Å². The Bertz CT molecular complexity index is 250. The van der Waals surface area contributed by atoms with E-state index >= 15 is 0 Å². The predicted molar refractivity (Wildman–Crippen MR) is 60.9 cm³/mol. The highest BCUT2D eigenvalue weighted by molar-refractivity contribution is 5.85. The molecule has 1 rings (SSSR count). The third-order valence-electron chi connectivity index (χ3n) is 3.32. The second kappa shape index (κ2) is 5.31. The van der Waals surface area contributed by atoms with Crippen molar-refractivity contribution in [2.24, 2.45) is 0 Å². The third kappa shape index (κ3) is 3.34. The van der Waals surface area contributed by atoms with E-state index in [4.69, 9.17) is 5.11 Å². The molecule has 3 heteroatoms. The van der Waals surface area contributed by atoms with Gasteiger partial charge in [0.15, 0.2) is 0 Å². The van der Waals surface area contributed by atoms with Crippen molar-refractivity contribution in [3.05, 3.63) is 11.6 Å². The number of carbonyl (C=O) groups is 1. The SMILES string of the molecule is CC(=CCN1C(C)CCCC1C)C(=O)O. The average molecular weight is 211 g/mol. The zero-order valence-electron chi connectivity index (χ0n) is 9.86. The number of nitrogens with zero attached hydrogens (tertiary/aromatic N) is 1. The lowest BCUT2D eigenvalue weighted by atomic mass is 9.97. The molecular formula is C12H21NO2. The van der Waals surface area contributed by atoms with Crippen molar-refractivity contribution in [2.75, 3.05) is 6.54 Å². The van der Waals surface area contributed by atoms with Gasteiger partial charge in [0.1, 0.15) is 0 Å². The molecule has 1 fully saturated rings. The lowest BCUT2D eigenvalue weighted by Gasteiger charge is -2.38. The maximum atomic E-state index is 10.6. The first-order valence-corrected chi connectivity index (χ1v) is 5.68. The van der Waals surface area contributed by atoms with E-state index in [1.54, 1.807) is 6.92 Å². The molecule has 1 saturated heterocycles. The minimum atomic E-state index is -0.813. The Hall–Kier alpha value is -0.830. The Morgan fingerprint density at radius 3 is 2.40 bits per heavy atom. The number of likely N-dealkylation sites (tertiary alicyclic amines) is 1. The molecule has 0 amide bonds. The van der Waals surface area contributed by atoms with Crippen molar-refractivity contribution < 1.29 is 9.90 Å².